The number of methoxy groups -OCH3 is 1. The maximum Gasteiger partial charge on any atom is 0.246 e. The van der Waals surface area contributed by atoms with Crippen molar-refractivity contribution < 1.29 is 14.3 Å². The van der Waals surface area contributed by atoms with Gasteiger partial charge in [-0.15, -0.1) is 0 Å². The van der Waals surface area contributed by atoms with Crippen LogP contribution in [0.4, 0.5) is 5.69 Å². The number of hydrogen-bond donors (Lipinski definition) is 0. The highest BCUT2D eigenvalue weighted by atomic mass is 16.5. The van der Waals surface area contributed by atoms with E-state index in [4.69, 9.17) is 4.74 Å². The van der Waals surface area contributed by atoms with Crippen LogP contribution in [-0.2, 0) is 22.4 Å². The summed E-state index contributed by atoms with van der Waals surface area (Å²) in [4.78, 5) is 28.5. The highest BCUT2D eigenvalue weighted by Gasteiger charge is 2.31. The van der Waals surface area contributed by atoms with E-state index < -0.39 is 0 Å². The predicted octanol–water partition coefficient (Wildman–Crippen LogP) is 3.06. The van der Waals surface area contributed by atoms with Gasteiger partial charge in [-0.3, -0.25) is 9.59 Å². The molecule has 0 bridgehead atoms. The van der Waals surface area contributed by atoms with Crippen LogP contribution in [0, 0.1) is 0 Å². The number of hydrogen-bond acceptors (Lipinski definition) is 3. The summed E-state index contributed by atoms with van der Waals surface area (Å²) in [5, 5.41) is 0. The zero-order chi connectivity index (χ0) is 19.4. The number of para-hydroxylation sites is 2. The molecule has 1 aliphatic rings. The molecule has 0 spiro atoms. The van der Waals surface area contributed by atoms with Crippen LogP contribution >= 0.6 is 0 Å². The van der Waals surface area contributed by atoms with Crippen molar-refractivity contribution in [3.05, 3.63) is 59.7 Å². The monoisotopic (exact) mass is 366 g/mol. The van der Waals surface area contributed by atoms with Gasteiger partial charge in [-0.1, -0.05) is 36.4 Å². The van der Waals surface area contributed by atoms with Crippen LogP contribution in [0.25, 0.3) is 0 Å². The number of amides is 2. The Morgan fingerprint density at radius 2 is 1.85 bits per heavy atom. The first-order chi connectivity index (χ1) is 13.0. The topological polar surface area (TPSA) is 49.9 Å². The molecule has 0 saturated heterocycles. The van der Waals surface area contributed by atoms with Gasteiger partial charge in [-0.25, -0.2) is 0 Å². The number of anilines is 1. The molecule has 2 aromatic carbocycles. The van der Waals surface area contributed by atoms with E-state index in [1.54, 1.807) is 12.0 Å². The second-order valence-electron chi connectivity index (χ2n) is 6.95. The second kappa shape index (κ2) is 8.25. The van der Waals surface area contributed by atoms with Crippen LogP contribution in [0.5, 0.6) is 5.75 Å². The SMILES string of the molecule is COc1ccccc1CCN(CC(=O)N1c2ccccc2CC1C)C(C)=O. The van der Waals surface area contributed by atoms with Crippen molar-refractivity contribution in [1.29, 1.82) is 0 Å². The number of ether oxygens (including phenoxy) is 1. The maximum atomic E-state index is 13.0. The molecule has 0 saturated carbocycles. The Labute approximate surface area is 160 Å². The zero-order valence-electron chi connectivity index (χ0n) is 16.1. The van der Waals surface area contributed by atoms with E-state index in [0.29, 0.717) is 13.0 Å². The van der Waals surface area contributed by atoms with Gasteiger partial charge in [-0.2, -0.15) is 0 Å². The summed E-state index contributed by atoms with van der Waals surface area (Å²) in [5.41, 5.74) is 3.17. The molecule has 2 aromatic rings. The highest BCUT2D eigenvalue weighted by Crippen LogP contribution is 2.31. The largest absolute Gasteiger partial charge is 0.496 e. The van der Waals surface area contributed by atoms with Crippen LogP contribution in [0.1, 0.15) is 25.0 Å². The third-order valence-corrected chi connectivity index (χ3v) is 5.09. The fourth-order valence-corrected chi connectivity index (χ4v) is 3.70. The first-order valence-corrected chi connectivity index (χ1v) is 9.28. The summed E-state index contributed by atoms with van der Waals surface area (Å²) in [7, 11) is 1.64. The van der Waals surface area contributed by atoms with E-state index in [1.807, 2.05) is 54.3 Å². The maximum absolute atomic E-state index is 13.0. The Balaban J connectivity index is 1.69. The van der Waals surface area contributed by atoms with E-state index in [2.05, 4.69) is 6.07 Å². The fourth-order valence-electron chi connectivity index (χ4n) is 3.70. The molecule has 2 amide bonds. The van der Waals surface area contributed by atoms with Crippen LogP contribution in [-0.4, -0.2) is 43.0 Å². The molecule has 0 N–H and O–H groups in total. The van der Waals surface area contributed by atoms with E-state index in [9.17, 15) is 9.59 Å². The Bertz CT molecular complexity index is 834. The number of rotatable bonds is 6. The van der Waals surface area contributed by atoms with Crippen molar-refractivity contribution in [2.45, 2.75) is 32.7 Å². The Kier molecular flexibility index (Phi) is 5.79. The molecule has 1 atom stereocenters. The summed E-state index contributed by atoms with van der Waals surface area (Å²) in [5.74, 6) is 0.662. The number of benzene rings is 2. The molecule has 5 heteroatoms. The van der Waals surface area contributed by atoms with Crippen LogP contribution in [0.2, 0.25) is 0 Å². The minimum atomic E-state index is -0.0987. The van der Waals surface area contributed by atoms with E-state index in [-0.39, 0.29) is 24.4 Å². The Morgan fingerprint density at radius 1 is 1.15 bits per heavy atom. The van der Waals surface area contributed by atoms with Gasteiger partial charge in [0.25, 0.3) is 0 Å². The second-order valence-corrected chi connectivity index (χ2v) is 6.95. The van der Waals surface area contributed by atoms with Crippen LogP contribution in [0.3, 0.4) is 0 Å². The molecule has 0 aliphatic carbocycles. The number of nitrogens with zero attached hydrogens (tertiary/aromatic N) is 2. The van der Waals surface area contributed by atoms with Crippen molar-refractivity contribution >= 4 is 17.5 Å². The molecule has 27 heavy (non-hydrogen) atoms. The molecule has 1 heterocycles. The van der Waals surface area contributed by atoms with Crippen molar-refractivity contribution in [2.75, 3.05) is 25.1 Å². The van der Waals surface area contributed by atoms with Crippen molar-refractivity contribution in [3.63, 3.8) is 0 Å². The molecule has 1 unspecified atom stereocenters. The van der Waals surface area contributed by atoms with Gasteiger partial charge < -0.3 is 14.5 Å². The van der Waals surface area contributed by atoms with Gasteiger partial charge in [-0.05, 0) is 43.0 Å². The van der Waals surface area contributed by atoms with Gasteiger partial charge in [0.15, 0.2) is 0 Å². The minimum absolute atomic E-state index is 0.0392. The van der Waals surface area contributed by atoms with Crippen LogP contribution < -0.4 is 9.64 Å². The molecular formula is C22H26N2O3. The lowest BCUT2D eigenvalue weighted by Crippen LogP contribution is -2.45. The smallest absolute Gasteiger partial charge is 0.246 e. The molecule has 0 radical (unpaired) electrons. The van der Waals surface area contributed by atoms with Crippen LogP contribution in [0.15, 0.2) is 48.5 Å². The highest BCUT2D eigenvalue weighted by molar-refractivity contribution is 5.98. The normalized spacial score (nSPS) is 15.4. The summed E-state index contributed by atoms with van der Waals surface area (Å²) in [6.45, 7) is 4.12. The lowest BCUT2D eigenvalue weighted by Gasteiger charge is -2.27. The van der Waals surface area contributed by atoms with Crippen molar-refractivity contribution in [1.82, 2.24) is 4.90 Å². The molecule has 142 valence electrons. The first-order valence-electron chi connectivity index (χ1n) is 9.28. The van der Waals surface area contributed by atoms with Gasteiger partial charge in [0.1, 0.15) is 12.3 Å². The lowest BCUT2D eigenvalue weighted by atomic mass is 10.1. The molecular weight excluding hydrogens is 340 g/mol. The number of carbonyl (C=O) groups is 2. The standard InChI is InChI=1S/C22H26N2O3/c1-16-14-19-9-4-6-10-20(19)24(16)22(26)15-23(17(2)25)13-12-18-8-5-7-11-21(18)27-3/h4-11,16H,12-15H2,1-3H3. The van der Waals surface area contributed by atoms with Gasteiger partial charge in [0.2, 0.25) is 11.8 Å². The molecule has 0 fully saturated rings. The molecule has 3 rings (SSSR count). The van der Waals surface area contributed by atoms with Gasteiger partial charge >= 0.3 is 0 Å². The van der Waals surface area contributed by atoms with Crippen molar-refractivity contribution in [3.8, 4) is 5.75 Å². The Hall–Kier alpha value is -2.82. The minimum Gasteiger partial charge on any atom is -0.496 e. The first kappa shape index (κ1) is 19.0. The summed E-state index contributed by atoms with van der Waals surface area (Å²) in [6.07, 6.45) is 1.49. The van der Waals surface area contributed by atoms with E-state index in [0.717, 1.165) is 23.4 Å². The quantitative estimate of drug-likeness (QED) is 0.789. The van der Waals surface area contributed by atoms with Gasteiger partial charge in [0.05, 0.1) is 7.11 Å². The number of carbonyl (C=O) groups excluding carboxylic acids is 2. The van der Waals surface area contributed by atoms with Gasteiger partial charge in [0, 0.05) is 25.2 Å². The summed E-state index contributed by atoms with van der Waals surface area (Å²) < 4.78 is 5.37. The summed E-state index contributed by atoms with van der Waals surface area (Å²) in [6, 6.07) is 15.8. The third-order valence-electron chi connectivity index (χ3n) is 5.09. The lowest BCUT2D eigenvalue weighted by molar-refractivity contribution is -0.133. The molecule has 5 nitrogen and oxygen atoms in total. The average Bonchev–Trinajstić information content (AvgIpc) is 3.00. The van der Waals surface area contributed by atoms with E-state index >= 15 is 0 Å². The average molecular weight is 366 g/mol. The van der Waals surface area contributed by atoms with Crippen molar-refractivity contribution in [2.24, 2.45) is 0 Å². The summed E-state index contributed by atoms with van der Waals surface area (Å²) >= 11 is 0. The van der Waals surface area contributed by atoms with E-state index in [1.165, 1.54) is 12.5 Å². The molecule has 1 aliphatic heterocycles. The molecule has 0 aromatic heterocycles. The number of fused-ring (bicyclic) bond motifs is 1. The Morgan fingerprint density at radius 3 is 2.59 bits per heavy atom. The fraction of sp³-hybridized carbons (Fsp3) is 0.364. The third kappa shape index (κ3) is 4.13. The zero-order valence-corrected chi connectivity index (χ0v) is 16.1. The predicted molar refractivity (Wildman–Crippen MR) is 106 cm³/mol.